The molecule has 1 aliphatic rings. The number of hydrogen-bond acceptors (Lipinski definition) is 3. The molecule has 2 N–H and O–H groups in total. The average molecular weight is 268 g/mol. The average Bonchev–Trinajstić information content (AvgIpc) is 3.03. The summed E-state index contributed by atoms with van der Waals surface area (Å²) in [6.07, 6.45) is 2.00. The van der Waals surface area contributed by atoms with Crippen molar-refractivity contribution in [3.8, 4) is 0 Å². The molecule has 0 radical (unpaired) electrons. The van der Waals surface area contributed by atoms with Crippen molar-refractivity contribution in [2.45, 2.75) is 38.4 Å². The topological polar surface area (TPSA) is 69.6 Å². The second-order valence-electron chi connectivity index (χ2n) is 4.45. The molecule has 98 valence electrons. The lowest BCUT2D eigenvalue weighted by atomic mass is 10.3. The van der Waals surface area contributed by atoms with Gasteiger partial charge in [-0.2, -0.15) is 0 Å². The van der Waals surface area contributed by atoms with Crippen molar-refractivity contribution in [2.24, 2.45) is 0 Å². The number of carbonyl (C=O) groups excluding carboxylic acids is 1. The van der Waals surface area contributed by atoms with Gasteiger partial charge in [-0.3, -0.25) is 4.79 Å². The number of rotatable bonds is 5. The minimum atomic E-state index is -1.02. The van der Waals surface area contributed by atoms with E-state index in [-0.39, 0.29) is 12.1 Å². The van der Waals surface area contributed by atoms with Gasteiger partial charge in [-0.15, -0.1) is 11.3 Å². The van der Waals surface area contributed by atoms with E-state index in [4.69, 9.17) is 5.11 Å². The number of carboxylic acid groups (broad SMARTS) is 1. The summed E-state index contributed by atoms with van der Waals surface area (Å²) in [6.45, 7) is 2.02. The fourth-order valence-electron chi connectivity index (χ4n) is 1.65. The van der Waals surface area contributed by atoms with Crippen LogP contribution in [-0.4, -0.2) is 34.1 Å². The Labute approximate surface area is 109 Å². The highest BCUT2D eigenvalue weighted by atomic mass is 32.1. The highest BCUT2D eigenvalue weighted by Gasteiger charge is 2.33. The van der Waals surface area contributed by atoms with Gasteiger partial charge in [0.15, 0.2) is 0 Å². The number of thiophene rings is 1. The first-order valence-electron chi connectivity index (χ1n) is 5.90. The van der Waals surface area contributed by atoms with Gasteiger partial charge in [-0.25, -0.2) is 4.79 Å². The van der Waals surface area contributed by atoms with Gasteiger partial charge in [-0.1, -0.05) is 6.07 Å². The Morgan fingerprint density at radius 3 is 2.83 bits per heavy atom. The molecular weight excluding hydrogens is 252 g/mol. The zero-order valence-electron chi connectivity index (χ0n) is 10.1. The quantitative estimate of drug-likeness (QED) is 0.857. The molecule has 0 unspecified atom stereocenters. The van der Waals surface area contributed by atoms with Gasteiger partial charge >= 0.3 is 12.0 Å². The third-order valence-electron chi connectivity index (χ3n) is 2.87. The van der Waals surface area contributed by atoms with E-state index in [9.17, 15) is 9.59 Å². The molecule has 0 spiro atoms. The van der Waals surface area contributed by atoms with Crippen LogP contribution in [-0.2, 0) is 11.3 Å². The lowest BCUT2D eigenvalue weighted by Crippen LogP contribution is -2.47. The summed E-state index contributed by atoms with van der Waals surface area (Å²) >= 11 is 1.60. The molecule has 6 heteroatoms. The molecule has 0 bridgehead atoms. The third-order valence-corrected chi connectivity index (χ3v) is 3.73. The molecule has 0 saturated heterocycles. The summed E-state index contributed by atoms with van der Waals surface area (Å²) in [5.41, 5.74) is 0. The number of urea groups is 1. The van der Waals surface area contributed by atoms with Crippen LogP contribution in [0.4, 0.5) is 4.79 Å². The van der Waals surface area contributed by atoms with Crippen molar-refractivity contribution < 1.29 is 14.7 Å². The van der Waals surface area contributed by atoms with Gasteiger partial charge in [0.2, 0.25) is 0 Å². The number of amides is 2. The summed E-state index contributed by atoms with van der Waals surface area (Å²) in [4.78, 5) is 25.6. The molecule has 1 saturated carbocycles. The number of hydrogen-bond donors (Lipinski definition) is 2. The monoisotopic (exact) mass is 268 g/mol. The van der Waals surface area contributed by atoms with Crippen molar-refractivity contribution >= 4 is 23.3 Å². The largest absolute Gasteiger partial charge is 0.480 e. The Morgan fingerprint density at radius 2 is 2.33 bits per heavy atom. The molecule has 1 atom stereocenters. The van der Waals surface area contributed by atoms with E-state index < -0.39 is 12.0 Å². The van der Waals surface area contributed by atoms with Crippen molar-refractivity contribution in [3.63, 3.8) is 0 Å². The maximum Gasteiger partial charge on any atom is 0.325 e. The van der Waals surface area contributed by atoms with Gasteiger partial charge in [0, 0.05) is 10.9 Å². The van der Waals surface area contributed by atoms with Crippen LogP contribution in [0.2, 0.25) is 0 Å². The summed E-state index contributed by atoms with van der Waals surface area (Å²) in [5, 5.41) is 13.3. The van der Waals surface area contributed by atoms with E-state index in [2.05, 4.69) is 5.32 Å². The van der Waals surface area contributed by atoms with Crippen LogP contribution in [0, 0.1) is 0 Å². The molecule has 1 aliphatic carbocycles. The van der Waals surface area contributed by atoms with Crippen LogP contribution in [0.3, 0.4) is 0 Å². The summed E-state index contributed by atoms with van der Waals surface area (Å²) in [6, 6.07) is 3.03. The molecule has 1 heterocycles. The predicted molar refractivity (Wildman–Crippen MR) is 68.5 cm³/mol. The van der Waals surface area contributed by atoms with Gasteiger partial charge < -0.3 is 15.3 Å². The third kappa shape index (κ3) is 3.22. The van der Waals surface area contributed by atoms with E-state index in [0.717, 1.165) is 17.7 Å². The van der Waals surface area contributed by atoms with Gasteiger partial charge in [-0.05, 0) is 31.2 Å². The van der Waals surface area contributed by atoms with Crippen molar-refractivity contribution in [1.29, 1.82) is 0 Å². The fraction of sp³-hybridized carbons (Fsp3) is 0.500. The highest BCUT2D eigenvalue weighted by molar-refractivity contribution is 7.09. The van der Waals surface area contributed by atoms with Gasteiger partial charge in [0.25, 0.3) is 0 Å². The van der Waals surface area contributed by atoms with E-state index in [1.807, 2.05) is 17.5 Å². The molecule has 1 fully saturated rings. The van der Waals surface area contributed by atoms with Crippen molar-refractivity contribution in [2.75, 3.05) is 0 Å². The predicted octanol–water partition coefficient (Wildman–Crippen LogP) is 1.90. The first-order chi connectivity index (χ1) is 8.58. The van der Waals surface area contributed by atoms with Crippen LogP contribution >= 0.6 is 11.3 Å². The standard InChI is InChI=1S/C12H16N2O3S/c1-8(11(15)16)13-12(17)14(9-4-5-9)7-10-3-2-6-18-10/h2-3,6,8-9H,4-5,7H2,1H3,(H,13,17)(H,15,16)/t8-/m1/s1. The Balaban J connectivity index is 1.97. The van der Waals surface area contributed by atoms with Gasteiger partial charge in [0.05, 0.1) is 6.54 Å². The fourth-order valence-corrected chi connectivity index (χ4v) is 2.36. The van der Waals surface area contributed by atoms with Crippen LogP contribution < -0.4 is 5.32 Å². The normalized spacial score (nSPS) is 16.1. The van der Waals surface area contributed by atoms with E-state index >= 15 is 0 Å². The minimum absolute atomic E-state index is 0.257. The summed E-state index contributed by atoms with van der Waals surface area (Å²) < 4.78 is 0. The van der Waals surface area contributed by atoms with Crippen LogP contribution in [0.15, 0.2) is 17.5 Å². The first-order valence-corrected chi connectivity index (χ1v) is 6.78. The van der Waals surface area contributed by atoms with Crippen LogP contribution in [0.25, 0.3) is 0 Å². The lowest BCUT2D eigenvalue weighted by molar-refractivity contribution is -0.138. The second-order valence-corrected chi connectivity index (χ2v) is 5.48. The van der Waals surface area contributed by atoms with E-state index in [0.29, 0.717) is 6.54 Å². The Bertz CT molecular complexity index is 429. The molecular formula is C12H16N2O3S. The zero-order chi connectivity index (χ0) is 13.1. The summed E-state index contributed by atoms with van der Waals surface area (Å²) in [5.74, 6) is -1.02. The number of nitrogens with zero attached hydrogens (tertiary/aromatic N) is 1. The number of nitrogens with one attached hydrogen (secondary N) is 1. The first kappa shape index (κ1) is 12.9. The van der Waals surface area contributed by atoms with E-state index in [1.165, 1.54) is 6.92 Å². The molecule has 1 aromatic rings. The SMILES string of the molecule is C[C@@H](NC(=O)N(Cc1cccs1)C1CC1)C(=O)O. The summed E-state index contributed by atoms with van der Waals surface area (Å²) in [7, 11) is 0. The van der Waals surface area contributed by atoms with Crippen molar-refractivity contribution in [1.82, 2.24) is 10.2 Å². The lowest BCUT2D eigenvalue weighted by Gasteiger charge is -2.23. The molecule has 0 aliphatic heterocycles. The molecule has 1 aromatic heterocycles. The second kappa shape index (κ2) is 5.39. The Morgan fingerprint density at radius 1 is 1.61 bits per heavy atom. The van der Waals surface area contributed by atoms with Gasteiger partial charge in [0.1, 0.15) is 6.04 Å². The molecule has 2 amide bonds. The molecule has 18 heavy (non-hydrogen) atoms. The molecule has 2 rings (SSSR count). The highest BCUT2D eigenvalue weighted by Crippen LogP contribution is 2.29. The Hall–Kier alpha value is -1.56. The number of carboxylic acids is 1. The smallest absolute Gasteiger partial charge is 0.325 e. The number of carbonyl (C=O) groups is 2. The minimum Gasteiger partial charge on any atom is -0.480 e. The Kier molecular flexibility index (Phi) is 3.86. The van der Waals surface area contributed by atoms with Crippen LogP contribution in [0.5, 0.6) is 0 Å². The molecule has 0 aromatic carbocycles. The maximum atomic E-state index is 12.0. The molecule has 5 nitrogen and oxygen atoms in total. The zero-order valence-corrected chi connectivity index (χ0v) is 10.9. The van der Waals surface area contributed by atoms with E-state index in [1.54, 1.807) is 16.2 Å². The van der Waals surface area contributed by atoms with Crippen LogP contribution in [0.1, 0.15) is 24.6 Å². The maximum absolute atomic E-state index is 12.0. The van der Waals surface area contributed by atoms with Crippen molar-refractivity contribution in [3.05, 3.63) is 22.4 Å². The number of aliphatic carboxylic acids is 1.